The quantitative estimate of drug-likeness (QED) is 0.473. The van der Waals surface area contributed by atoms with Gasteiger partial charge in [-0.05, 0) is 37.0 Å². The summed E-state index contributed by atoms with van der Waals surface area (Å²) in [5, 5.41) is 5.01. The number of carbonyl (C=O) groups excluding carboxylic acids is 1. The van der Waals surface area contributed by atoms with Crippen LogP contribution in [0.1, 0.15) is 24.0 Å². The Morgan fingerprint density at radius 3 is 2.91 bits per heavy atom. The van der Waals surface area contributed by atoms with E-state index in [9.17, 15) is 9.59 Å². The average molecular weight is 460 g/mol. The number of amides is 1. The number of hydrogen-bond donors (Lipinski definition) is 2. The van der Waals surface area contributed by atoms with Crippen LogP contribution >= 0.6 is 11.3 Å². The van der Waals surface area contributed by atoms with Crippen molar-refractivity contribution in [3.05, 3.63) is 75.7 Å². The molecule has 168 valence electrons. The van der Waals surface area contributed by atoms with Crippen LogP contribution in [0.3, 0.4) is 0 Å². The third-order valence-corrected chi connectivity index (χ3v) is 7.03. The molecule has 8 heteroatoms. The molecule has 0 spiro atoms. The first kappa shape index (κ1) is 21.3. The number of thiophene rings is 1. The number of fused-ring (bicyclic) bond motifs is 1. The molecule has 0 radical (unpaired) electrons. The highest BCUT2D eigenvalue weighted by atomic mass is 32.1. The Hall–Kier alpha value is -3.52. The molecule has 1 aromatic carbocycles. The fourth-order valence-corrected chi connectivity index (χ4v) is 5.13. The van der Waals surface area contributed by atoms with Crippen LogP contribution < -0.4 is 15.8 Å². The SMILES string of the molecule is Cc1ccc(-c2csc3c(=O)[nH]c(N4CCCC(C(=O)NCc5cccnc5)C4)nc23)cc1. The number of anilines is 1. The van der Waals surface area contributed by atoms with E-state index in [1.807, 2.05) is 22.4 Å². The Balaban J connectivity index is 1.37. The number of H-pyrrole nitrogens is 1. The lowest BCUT2D eigenvalue weighted by Gasteiger charge is -2.32. The Morgan fingerprint density at radius 2 is 2.12 bits per heavy atom. The summed E-state index contributed by atoms with van der Waals surface area (Å²) in [6, 6.07) is 12.0. The third kappa shape index (κ3) is 4.52. The monoisotopic (exact) mass is 459 g/mol. The maximum absolute atomic E-state index is 12.8. The van der Waals surface area contributed by atoms with Crippen molar-refractivity contribution in [2.75, 3.05) is 18.0 Å². The van der Waals surface area contributed by atoms with E-state index in [1.165, 1.54) is 16.9 Å². The summed E-state index contributed by atoms with van der Waals surface area (Å²) in [6.07, 6.45) is 5.15. The molecule has 0 bridgehead atoms. The summed E-state index contributed by atoms with van der Waals surface area (Å²) in [6.45, 7) is 3.79. The van der Waals surface area contributed by atoms with Crippen molar-refractivity contribution in [2.24, 2.45) is 5.92 Å². The molecule has 5 rings (SSSR count). The summed E-state index contributed by atoms with van der Waals surface area (Å²) in [4.78, 5) is 39.5. The van der Waals surface area contributed by atoms with E-state index < -0.39 is 0 Å². The maximum Gasteiger partial charge on any atom is 0.270 e. The summed E-state index contributed by atoms with van der Waals surface area (Å²) < 4.78 is 0.622. The molecule has 1 unspecified atom stereocenters. The molecular formula is C25H25N5O2S. The van der Waals surface area contributed by atoms with Gasteiger partial charge in [-0.15, -0.1) is 11.3 Å². The summed E-state index contributed by atoms with van der Waals surface area (Å²) >= 11 is 1.41. The molecule has 1 atom stereocenters. The van der Waals surface area contributed by atoms with Crippen LogP contribution in [0, 0.1) is 12.8 Å². The number of rotatable bonds is 5. The average Bonchev–Trinajstić information content (AvgIpc) is 3.28. The molecule has 7 nitrogen and oxygen atoms in total. The largest absolute Gasteiger partial charge is 0.352 e. The van der Waals surface area contributed by atoms with Crippen molar-refractivity contribution in [3.63, 3.8) is 0 Å². The molecule has 4 heterocycles. The van der Waals surface area contributed by atoms with Gasteiger partial charge in [-0.25, -0.2) is 4.98 Å². The molecule has 3 aromatic heterocycles. The summed E-state index contributed by atoms with van der Waals surface area (Å²) in [7, 11) is 0. The highest BCUT2D eigenvalue weighted by Crippen LogP contribution is 2.32. The molecule has 33 heavy (non-hydrogen) atoms. The van der Waals surface area contributed by atoms with Crippen LogP contribution in [0.5, 0.6) is 0 Å². The van der Waals surface area contributed by atoms with E-state index >= 15 is 0 Å². The van der Waals surface area contributed by atoms with Gasteiger partial charge < -0.3 is 10.2 Å². The Bertz CT molecular complexity index is 1330. The van der Waals surface area contributed by atoms with Crippen LogP contribution in [0.4, 0.5) is 5.95 Å². The second kappa shape index (κ2) is 9.15. The van der Waals surface area contributed by atoms with Crippen molar-refractivity contribution >= 4 is 33.4 Å². The van der Waals surface area contributed by atoms with Crippen molar-refractivity contribution in [1.29, 1.82) is 0 Å². The molecule has 2 N–H and O–H groups in total. The minimum Gasteiger partial charge on any atom is -0.352 e. The number of nitrogens with one attached hydrogen (secondary N) is 2. The highest BCUT2D eigenvalue weighted by molar-refractivity contribution is 7.17. The number of aromatic amines is 1. The van der Waals surface area contributed by atoms with Gasteiger partial charge in [-0.2, -0.15) is 0 Å². The van der Waals surface area contributed by atoms with Crippen LogP contribution in [0.15, 0.2) is 59.0 Å². The minimum absolute atomic E-state index is 0.0165. The predicted octanol–water partition coefficient (Wildman–Crippen LogP) is 3.89. The van der Waals surface area contributed by atoms with Crippen LogP contribution in [-0.2, 0) is 11.3 Å². The van der Waals surface area contributed by atoms with Crippen molar-refractivity contribution in [3.8, 4) is 11.1 Å². The molecule has 1 aliphatic rings. The zero-order valence-electron chi connectivity index (χ0n) is 18.4. The van der Waals surface area contributed by atoms with Gasteiger partial charge in [0.15, 0.2) is 0 Å². The van der Waals surface area contributed by atoms with Gasteiger partial charge in [0.25, 0.3) is 5.56 Å². The third-order valence-electron chi connectivity index (χ3n) is 6.06. The normalized spacial score (nSPS) is 16.2. The molecule has 4 aromatic rings. The standard InChI is InChI=1S/C25H25N5O2S/c1-16-6-8-18(9-7-16)20-15-33-22-21(20)28-25(29-24(22)32)30-11-3-5-19(14-30)23(31)27-13-17-4-2-10-26-12-17/h2,4,6-10,12,15,19H,3,5,11,13-14H2,1H3,(H,27,31)(H,28,29,32). The van der Waals surface area contributed by atoms with Crippen LogP contribution in [-0.4, -0.2) is 33.9 Å². The summed E-state index contributed by atoms with van der Waals surface area (Å²) in [5.74, 6) is 0.391. The second-order valence-corrected chi connectivity index (χ2v) is 9.33. The van der Waals surface area contributed by atoms with Crippen molar-refractivity contribution < 1.29 is 4.79 Å². The van der Waals surface area contributed by atoms with E-state index in [0.29, 0.717) is 29.3 Å². The van der Waals surface area contributed by atoms with Crippen molar-refractivity contribution in [1.82, 2.24) is 20.3 Å². The topological polar surface area (TPSA) is 91.0 Å². The van der Waals surface area contributed by atoms with Gasteiger partial charge in [0.1, 0.15) is 4.70 Å². The molecule has 1 fully saturated rings. The van der Waals surface area contributed by atoms with E-state index in [-0.39, 0.29) is 17.4 Å². The second-order valence-electron chi connectivity index (χ2n) is 8.45. The summed E-state index contributed by atoms with van der Waals surface area (Å²) in [5.41, 5.74) is 4.74. The zero-order chi connectivity index (χ0) is 22.8. The number of pyridine rings is 1. The molecule has 0 saturated carbocycles. The lowest BCUT2D eigenvalue weighted by molar-refractivity contribution is -0.125. The van der Waals surface area contributed by atoms with E-state index in [2.05, 4.69) is 46.5 Å². The first-order chi connectivity index (χ1) is 16.1. The molecular weight excluding hydrogens is 434 g/mol. The fourth-order valence-electron chi connectivity index (χ4n) is 4.22. The number of aryl methyl sites for hydroxylation is 1. The number of piperidine rings is 1. The Labute approximate surface area is 195 Å². The van der Waals surface area contributed by atoms with Crippen LogP contribution in [0.25, 0.3) is 21.3 Å². The lowest BCUT2D eigenvalue weighted by Crippen LogP contribution is -2.44. The first-order valence-corrected chi connectivity index (χ1v) is 12.0. The lowest BCUT2D eigenvalue weighted by atomic mass is 9.97. The molecule has 0 aliphatic carbocycles. The maximum atomic E-state index is 12.8. The van der Waals surface area contributed by atoms with E-state index in [0.717, 1.165) is 36.1 Å². The van der Waals surface area contributed by atoms with E-state index in [1.54, 1.807) is 12.4 Å². The smallest absolute Gasteiger partial charge is 0.270 e. The van der Waals surface area contributed by atoms with Gasteiger partial charge in [0.2, 0.25) is 11.9 Å². The van der Waals surface area contributed by atoms with Crippen molar-refractivity contribution in [2.45, 2.75) is 26.3 Å². The molecule has 1 aliphatic heterocycles. The van der Waals surface area contributed by atoms with Gasteiger partial charge in [0.05, 0.1) is 11.4 Å². The highest BCUT2D eigenvalue weighted by Gasteiger charge is 2.27. The van der Waals surface area contributed by atoms with Gasteiger partial charge in [0, 0.05) is 43.0 Å². The first-order valence-electron chi connectivity index (χ1n) is 11.1. The van der Waals surface area contributed by atoms with Crippen LogP contribution in [0.2, 0.25) is 0 Å². The van der Waals surface area contributed by atoms with Gasteiger partial charge >= 0.3 is 0 Å². The molecule has 1 amide bonds. The Kier molecular flexibility index (Phi) is 5.92. The minimum atomic E-state index is -0.157. The van der Waals surface area contributed by atoms with Gasteiger partial charge in [-0.3, -0.25) is 19.6 Å². The zero-order valence-corrected chi connectivity index (χ0v) is 19.2. The number of benzene rings is 1. The fraction of sp³-hybridized carbons (Fsp3) is 0.280. The molecule has 1 saturated heterocycles. The number of hydrogen-bond acceptors (Lipinski definition) is 6. The Morgan fingerprint density at radius 1 is 1.27 bits per heavy atom. The number of carbonyl (C=O) groups is 1. The number of aromatic nitrogens is 3. The van der Waals surface area contributed by atoms with E-state index in [4.69, 9.17) is 4.98 Å². The van der Waals surface area contributed by atoms with Gasteiger partial charge in [-0.1, -0.05) is 35.9 Å². The predicted molar refractivity (Wildman–Crippen MR) is 131 cm³/mol. The number of nitrogens with zero attached hydrogens (tertiary/aromatic N) is 3.